The van der Waals surface area contributed by atoms with Crippen LogP contribution in [0, 0.1) is 5.41 Å². The van der Waals surface area contributed by atoms with Crippen molar-refractivity contribution in [1.29, 1.82) is 0 Å². The topological polar surface area (TPSA) is 49.4 Å². The number of amides is 2. The highest BCUT2D eigenvalue weighted by atomic mass is 35.5. The van der Waals surface area contributed by atoms with Crippen LogP contribution in [0.25, 0.3) is 0 Å². The van der Waals surface area contributed by atoms with Crippen molar-refractivity contribution in [3.8, 4) is 0 Å². The zero-order chi connectivity index (χ0) is 17.5. The van der Waals surface area contributed by atoms with Crippen LogP contribution in [0.5, 0.6) is 0 Å². The maximum atomic E-state index is 12.3. The van der Waals surface area contributed by atoms with Crippen molar-refractivity contribution in [1.82, 2.24) is 10.2 Å². The number of benzene rings is 1. The first kappa shape index (κ1) is 19.5. The fraction of sp³-hybridized carbons (Fsp3) is 0.556. The summed E-state index contributed by atoms with van der Waals surface area (Å²) >= 11 is 5.98. The summed E-state index contributed by atoms with van der Waals surface area (Å²) in [4.78, 5) is 25.8. The van der Waals surface area contributed by atoms with E-state index in [0.29, 0.717) is 37.5 Å². The van der Waals surface area contributed by atoms with Crippen molar-refractivity contribution in [3.05, 3.63) is 34.9 Å². The number of rotatable bonds is 7. The Morgan fingerprint density at radius 3 is 2.52 bits per heavy atom. The Labute approximate surface area is 144 Å². The van der Waals surface area contributed by atoms with Crippen molar-refractivity contribution in [3.63, 3.8) is 0 Å². The van der Waals surface area contributed by atoms with Gasteiger partial charge >= 0.3 is 0 Å². The zero-order valence-corrected chi connectivity index (χ0v) is 15.2. The van der Waals surface area contributed by atoms with E-state index in [0.717, 1.165) is 5.56 Å². The highest BCUT2D eigenvalue weighted by Crippen LogP contribution is 2.14. The van der Waals surface area contributed by atoms with E-state index in [1.54, 1.807) is 4.90 Å². The molecule has 2 amide bonds. The molecule has 0 aliphatic carbocycles. The molecule has 0 spiro atoms. The number of nitrogens with zero attached hydrogens (tertiary/aromatic N) is 1. The maximum absolute atomic E-state index is 12.3. The van der Waals surface area contributed by atoms with Gasteiger partial charge in [0.1, 0.15) is 0 Å². The lowest BCUT2D eigenvalue weighted by Crippen LogP contribution is -2.36. The monoisotopic (exact) mass is 338 g/mol. The van der Waals surface area contributed by atoms with Crippen LogP contribution in [-0.2, 0) is 16.1 Å². The summed E-state index contributed by atoms with van der Waals surface area (Å²) in [5.41, 5.74) is 0.625. The summed E-state index contributed by atoms with van der Waals surface area (Å²) in [6.07, 6.45) is 1.07. The maximum Gasteiger partial charge on any atom is 0.225 e. The number of hydrogen-bond acceptors (Lipinski definition) is 2. The average molecular weight is 339 g/mol. The minimum atomic E-state index is -0.397. The standard InChI is InChI=1S/C18H27ClN2O2/c1-5-21(13-14-8-6-9-15(19)12-14)16(22)10-7-11-20-17(23)18(2,3)4/h6,8-9,12H,5,7,10-11,13H2,1-4H3,(H,20,23). The molecule has 0 aromatic heterocycles. The second kappa shape index (κ2) is 8.92. The predicted octanol–water partition coefficient (Wildman–Crippen LogP) is 3.63. The molecule has 0 saturated heterocycles. The molecule has 23 heavy (non-hydrogen) atoms. The molecule has 5 heteroatoms. The van der Waals surface area contributed by atoms with Gasteiger partial charge in [0.05, 0.1) is 0 Å². The fourth-order valence-electron chi connectivity index (χ4n) is 2.10. The van der Waals surface area contributed by atoms with Gasteiger partial charge in [0.25, 0.3) is 0 Å². The molecule has 4 nitrogen and oxygen atoms in total. The SMILES string of the molecule is CCN(Cc1cccc(Cl)c1)C(=O)CCCNC(=O)C(C)(C)C. The molecule has 1 aromatic rings. The molecule has 0 radical (unpaired) electrons. The third-order valence-electron chi connectivity index (χ3n) is 3.53. The molecule has 0 saturated carbocycles. The van der Waals surface area contributed by atoms with E-state index in [2.05, 4.69) is 5.32 Å². The average Bonchev–Trinajstić information content (AvgIpc) is 2.47. The first-order chi connectivity index (χ1) is 10.7. The van der Waals surface area contributed by atoms with Crippen LogP contribution in [0.15, 0.2) is 24.3 Å². The van der Waals surface area contributed by atoms with Crippen LogP contribution in [0.2, 0.25) is 5.02 Å². The summed E-state index contributed by atoms with van der Waals surface area (Å²) in [5, 5.41) is 3.54. The quantitative estimate of drug-likeness (QED) is 0.772. The summed E-state index contributed by atoms with van der Waals surface area (Å²) in [7, 11) is 0. The van der Waals surface area contributed by atoms with Crippen LogP contribution in [0.1, 0.15) is 46.1 Å². The van der Waals surface area contributed by atoms with Gasteiger partial charge in [-0.1, -0.05) is 44.5 Å². The van der Waals surface area contributed by atoms with E-state index in [4.69, 9.17) is 11.6 Å². The summed E-state index contributed by atoms with van der Waals surface area (Å²) in [6, 6.07) is 7.55. The number of carbonyl (C=O) groups is 2. The van der Waals surface area contributed by atoms with Gasteiger partial charge in [-0.2, -0.15) is 0 Å². The zero-order valence-electron chi connectivity index (χ0n) is 14.5. The van der Waals surface area contributed by atoms with E-state index in [1.807, 2.05) is 52.0 Å². The Kier molecular flexibility index (Phi) is 7.56. The molecule has 0 fully saturated rings. The Morgan fingerprint density at radius 1 is 1.26 bits per heavy atom. The minimum Gasteiger partial charge on any atom is -0.356 e. The van der Waals surface area contributed by atoms with E-state index in [-0.39, 0.29) is 11.8 Å². The Hall–Kier alpha value is -1.55. The first-order valence-electron chi connectivity index (χ1n) is 8.04. The molecule has 0 aliphatic rings. The second-order valence-corrected chi connectivity index (χ2v) is 7.08. The van der Waals surface area contributed by atoms with Crippen LogP contribution < -0.4 is 5.32 Å². The molecule has 1 N–H and O–H groups in total. The highest BCUT2D eigenvalue weighted by molar-refractivity contribution is 6.30. The van der Waals surface area contributed by atoms with Gasteiger partial charge in [-0.15, -0.1) is 0 Å². The van der Waals surface area contributed by atoms with Crippen LogP contribution in [-0.4, -0.2) is 29.8 Å². The van der Waals surface area contributed by atoms with E-state index in [1.165, 1.54) is 0 Å². The van der Waals surface area contributed by atoms with Crippen LogP contribution in [0.4, 0.5) is 0 Å². The number of hydrogen-bond donors (Lipinski definition) is 1. The normalized spacial score (nSPS) is 11.2. The molecule has 1 rings (SSSR count). The Bertz CT molecular complexity index is 538. The predicted molar refractivity (Wildman–Crippen MR) is 94.2 cm³/mol. The molecular weight excluding hydrogens is 312 g/mol. The Morgan fingerprint density at radius 2 is 1.96 bits per heavy atom. The molecular formula is C18H27ClN2O2. The van der Waals surface area contributed by atoms with Gasteiger partial charge in [-0.05, 0) is 31.0 Å². The van der Waals surface area contributed by atoms with Gasteiger partial charge < -0.3 is 10.2 Å². The lowest BCUT2D eigenvalue weighted by Gasteiger charge is -2.22. The third kappa shape index (κ3) is 7.04. The van der Waals surface area contributed by atoms with Crippen molar-refractivity contribution in [2.75, 3.05) is 13.1 Å². The summed E-state index contributed by atoms with van der Waals surface area (Å²) < 4.78 is 0. The lowest BCUT2D eigenvalue weighted by molar-refractivity contribution is -0.132. The van der Waals surface area contributed by atoms with E-state index < -0.39 is 5.41 Å². The van der Waals surface area contributed by atoms with Crippen molar-refractivity contribution in [2.45, 2.75) is 47.1 Å². The Balaban J connectivity index is 2.41. The highest BCUT2D eigenvalue weighted by Gasteiger charge is 2.20. The van der Waals surface area contributed by atoms with Crippen molar-refractivity contribution in [2.24, 2.45) is 5.41 Å². The molecule has 0 aliphatic heterocycles. The van der Waals surface area contributed by atoms with Crippen LogP contribution in [0.3, 0.4) is 0 Å². The van der Waals surface area contributed by atoms with Crippen molar-refractivity contribution >= 4 is 23.4 Å². The van der Waals surface area contributed by atoms with Gasteiger partial charge in [-0.3, -0.25) is 9.59 Å². The third-order valence-corrected chi connectivity index (χ3v) is 3.77. The molecule has 128 valence electrons. The molecule has 0 heterocycles. The van der Waals surface area contributed by atoms with Gasteiger partial charge in [0, 0.05) is 36.5 Å². The van der Waals surface area contributed by atoms with Gasteiger partial charge in [0.15, 0.2) is 0 Å². The van der Waals surface area contributed by atoms with E-state index >= 15 is 0 Å². The number of nitrogens with one attached hydrogen (secondary N) is 1. The molecule has 0 unspecified atom stereocenters. The van der Waals surface area contributed by atoms with Gasteiger partial charge in [-0.25, -0.2) is 0 Å². The van der Waals surface area contributed by atoms with Crippen molar-refractivity contribution < 1.29 is 9.59 Å². The molecule has 1 aromatic carbocycles. The minimum absolute atomic E-state index is 0.0104. The molecule has 0 atom stereocenters. The lowest BCUT2D eigenvalue weighted by atomic mass is 9.96. The second-order valence-electron chi connectivity index (χ2n) is 6.65. The number of carbonyl (C=O) groups excluding carboxylic acids is 2. The number of halogens is 1. The fourth-order valence-corrected chi connectivity index (χ4v) is 2.31. The van der Waals surface area contributed by atoms with Crippen LogP contribution >= 0.6 is 11.6 Å². The summed E-state index contributed by atoms with van der Waals surface area (Å²) in [6.45, 7) is 9.32. The molecule has 0 bridgehead atoms. The smallest absolute Gasteiger partial charge is 0.225 e. The first-order valence-corrected chi connectivity index (χ1v) is 8.42. The largest absolute Gasteiger partial charge is 0.356 e. The van der Waals surface area contributed by atoms with Gasteiger partial charge in [0.2, 0.25) is 11.8 Å². The summed E-state index contributed by atoms with van der Waals surface area (Å²) in [5.74, 6) is 0.105. The van der Waals surface area contributed by atoms with E-state index in [9.17, 15) is 9.59 Å².